The fourth-order valence-corrected chi connectivity index (χ4v) is 2.45. The van der Waals surface area contributed by atoms with Crippen molar-refractivity contribution in [3.8, 4) is 6.07 Å². The van der Waals surface area contributed by atoms with Gasteiger partial charge in [-0.2, -0.15) is 5.26 Å². The number of nitriles is 1. The van der Waals surface area contributed by atoms with Crippen LogP contribution in [0, 0.1) is 23.2 Å². The number of rotatable bonds is 8. The zero-order valence-electron chi connectivity index (χ0n) is 14.1. The second-order valence-corrected chi connectivity index (χ2v) is 6.50. The number of amides is 1. The van der Waals surface area contributed by atoms with Gasteiger partial charge >= 0.3 is 0 Å². The van der Waals surface area contributed by atoms with Crippen molar-refractivity contribution in [2.45, 2.75) is 34.1 Å². The maximum absolute atomic E-state index is 12.1. The minimum atomic E-state index is -0.0415. The van der Waals surface area contributed by atoms with Crippen molar-refractivity contribution in [3.63, 3.8) is 0 Å². The van der Waals surface area contributed by atoms with Crippen LogP contribution >= 0.6 is 0 Å². The van der Waals surface area contributed by atoms with Gasteiger partial charge in [-0.3, -0.25) is 4.79 Å². The van der Waals surface area contributed by atoms with Crippen LogP contribution in [0.1, 0.15) is 39.7 Å². The molecule has 22 heavy (non-hydrogen) atoms. The van der Waals surface area contributed by atoms with Crippen molar-refractivity contribution in [2.24, 2.45) is 11.8 Å². The third-order valence-electron chi connectivity index (χ3n) is 3.22. The first-order valence-corrected chi connectivity index (χ1v) is 7.93. The highest BCUT2D eigenvalue weighted by molar-refractivity contribution is 5.92. The van der Waals surface area contributed by atoms with Gasteiger partial charge < -0.3 is 10.2 Å². The number of para-hydroxylation sites is 1. The van der Waals surface area contributed by atoms with Gasteiger partial charge in [0.05, 0.1) is 11.3 Å². The van der Waals surface area contributed by atoms with Gasteiger partial charge in [0.25, 0.3) is 0 Å². The summed E-state index contributed by atoms with van der Waals surface area (Å²) >= 11 is 0. The summed E-state index contributed by atoms with van der Waals surface area (Å²) in [6.07, 6.45) is 0.444. The predicted molar refractivity (Wildman–Crippen MR) is 90.5 cm³/mol. The maximum Gasteiger partial charge on any atom is 0.225 e. The molecule has 0 aliphatic rings. The highest BCUT2D eigenvalue weighted by Gasteiger charge is 2.12. The summed E-state index contributed by atoms with van der Waals surface area (Å²) in [6.45, 7) is 11.5. The standard InChI is InChI=1S/C18H27N3O/c1-14(2)12-21(13-15(3)4)10-9-18(22)20-17-8-6-5-7-16(17)11-19/h5-8,14-15H,9-10,12-13H2,1-4H3,(H,20,22). The molecule has 4 heteroatoms. The summed E-state index contributed by atoms with van der Waals surface area (Å²) in [6, 6.07) is 9.17. The van der Waals surface area contributed by atoms with Gasteiger partial charge in [-0.05, 0) is 24.0 Å². The lowest BCUT2D eigenvalue weighted by atomic mass is 10.1. The quantitative estimate of drug-likeness (QED) is 0.799. The van der Waals surface area contributed by atoms with Crippen LogP contribution in [0.3, 0.4) is 0 Å². The molecule has 0 fully saturated rings. The fraction of sp³-hybridized carbons (Fsp3) is 0.556. The minimum absolute atomic E-state index is 0.0415. The second kappa shape index (κ2) is 9.22. The number of benzene rings is 1. The number of hydrogen-bond acceptors (Lipinski definition) is 3. The van der Waals surface area contributed by atoms with Crippen molar-refractivity contribution in [2.75, 3.05) is 25.0 Å². The number of hydrogen-bond donors (Lipinski definition) is 1. The Morgan fingerprint density at radius 1 is 1.18 bits per heavy atom. The van der Waals surface area contributed by atoms with Gasteiger partial charge in [0.1, 0.15) is 6.07 Å². The van der Waals surface area contributed by atoms with Gasteiger partial charge in [0, 0.05) is 26.1 Å². The molecule has 0 saturated heterocycles. The SMILES string of the molecule is CC(C)CN(CCC(=O)Nc1ccccc1C#N)CC(C)C. The van der Waals surface area contributed by atoms with Gasteiger partial charge in [-0.15, -0.1) is 0 Å². The fourth-order valence-electron chi connectivity index (χ4n) is 2.45. The Kier molecular flexibility index (Phi) is 7.62. The van der Waals surface area contributed by atoms with Crippen LogP contribution in [0.5, 0.6) is 0 Å². The van der Waals surface area contributed by atoms with E-state index in [-0.39, 0.29) is 5.91 Å². The number of nitrogens with one attached hydrogen (secondary N) is 1. The Hall–Kier alpha value is -1.86. The summed E-state index contributed by atoms with van der Waals surface area (Å²) < 4.78 is 0. The van der Waals surface area contributed by atoms with Gasteiger partial charge in [0.15, 0.2) is 0 Å². The first-order valence-electron chi connectivity index (χ1n) is 7.93. The van der Waals surface area contributed by atoms with Gasteiger partial charge in [-0.1, -0.05) is 39.8 Å². The molecule has 0 unspecified atom stereocenters. The van der Waals surface area contributed by atoms with E-state index in [0.717, 1.165) is 19.6 Å². The van der Waals surface area contributed by atoms with Crippen molar-refractivity contribution >= 4 is 11.6 Å². The molecule has 0 aromatic heterocycles. The van der Waals surface area contributed by atoms with E-state index in [9.17, 15) is 4.79 Å². The van der Waals surface area contributed by atoms with Crippen LogP contribution in [0.25, 0.3) is 0 Å². The molecule has 1 aromatic rings. The molecule has 120 valence electrons. The highest BCUT2D eigenvalue weighted by atomic mass is 16.1. The van der Waals surface area contributed by atoms with Crippen molar-refractivity contribution in [1.82, 2.24) is 4.90 Å². The molecule has 1 rings (SSSR count). The topological polar surface area (TPSA) is 56.1 Å². The van der Waals surface area contributed by atoms with Crippen LogP contribution in [0.4, 0.5) is 5.69 Å². The third-order valence-corrected chi connectivity index (χ3v) is 3.22. The number of nitrogens with zero attached hydrogens (tertiary/aromatic N) is 2. The first-order chi connectivity index (χ1) is 10.4. The first kappa shape index (κ1) is 18.2. The largest absolute Gasteiger partial charge is 0.325 e. The Bertz CT molecular complexity index is 507. The lowest BCUT2D eigenvalue weighted by Gasteiger charge is -2.25. The van der Waals surface area contributed by atoms with Gasteiger partial charge in [-0.25, -0.2) is 0 Å². The molecule has 0 spiro atoms. The second-order valence-electron chi connectivity index (χ2n) is 6.50. The minimum Gasteiger partial charge on any atom is -0.325 e. The molecule has 0 aliphatic carbocycles. The third kappa shape index (κ3) is 6.73. The number of carbonyl (C=O) groups excluding carboxylic acids is 1. The normalized spacial score (nSPS) is 11.0. The van der Waals surface area contributed by atoms with E-state index in [1.54, 1.807) is 18.2 Å². The molecule has 0 saturated carbocycles. The summed E-state index contributed by atoms with van der Waals surface area (Å²) in [5.41, 5.74) is 1.09. The molecule has 1 amide bonds. The molecular formula is C18H27N3O. The van der Waals surface area contributed by atoms with Crippen LogP contribution in [-0.2, 0) is 4.79 Å². The Morgan fingerprint density at radius 3 is 2.32 bits per heavy atom. The molecule has 0 atom stereocenters. The molecule has 1 N–H and O–H groups in total. The summed E-state index contributed by atoms with van der Waals surface area (Å²) in [4.78, 5) is 14.4. The lowest BCUT2D eigenvalue weighted by Crippen LogP contribution is -2.34. The molecule has 4 nitrogen and oxygen atoms in total. The summed E-state index contributed by atoms with van der Waals surface area (Å²) in [5, 5.41) is 11.9. The zero-order valence-corrected chi connectivity index (χ0v) is 14.1. The van der Waals surface area contributed by atoms with E-state index >= 15 is 0 Å². The summed E-state index contributed by atoms with van der Waals surface area (Å²) in [5.74, 6) is 1.13. The smallest absolute Gasteiger partial charge is 0.225 e. The number of anilines is 1. The van der Waals surface area contributed by atoms with E-state index in [1.807, 2.05) is 6.07 Å². The zero-order chi connectivity index (χ0) is 16.5. The van der Waals surface area contributed by atoms with E-state index in [0.29, 0.717) is 29.5 Å². The van der Waals surface area contributed by atoms with Crippen molar-refractivity contribution in [3.05, 3.63) is 29.8 Å². The molecule has 1 aromatic carbocycles. The molecular weight excluding hydrogens is 274 g/mol. The van der Waals surface area contributed by atoms with E-state index < -0.39 is 0 Å². The molecule has 0 aliphatic heterocycles. The predicted octanol–water partition coefficient (Wildman–Crippen LogP) is 3.50. The molecule has 0 heterocycles. The maximum atomic E-state index is 12.1. The van der Waals surface area contributed by atoms with Crippen LogP contribution in [0.2, 0.25) is 0 Å². The average molecular weight is 301 g/mol. The molecule has 0 bridgehead atoms. The lowest BCUT2D eigenvalue weighted by molar-refractivity contribution is -0.116. The molecule has 0 radical (unpaired) electrons. The van der Waals surface area contributed by atoms with Crippen molar-refractivity contribution in [1.29, 1.82) is 5.26 Å². The van der Waals surface area contributed by atoms with E-state index in [4.69, 9.17) is 5.26 Å². The average Bonchev–Trinajstić information content (AvgIpc) is 2.44. The number of carbonyl (C=O) groups is 1. The summed E-state index contributed by atoms with van der Waals surface area (Å²) in [7, 11) is 0. The Labute approximate surface area is 134 Å². The van der Waals surface area contributed by atoms with Gasteiger partial charge in [0.2, 0.25) is 5.91 Å². The van der Waals surface area contributed by atoms with E-state index in [1.165, 1.54) is 0 Å². The van der Waals surface area contributed by atoms with Crippen molar-refractivity contribution < 1.29 is 4.79 Å². The Balaban J connectivity index is 2.54. The van der Waals surface area contributed by atoms with Crippen LogP contribution in [-0.4, -0.2) is 30.4 Å². The van der Waals surface area contributed by atoms with E-state index in [2.05, 4.69) is 44.0 Å². The highest BCUT2D eigenvalue weighted by Crippen LogP contribution is 2.14. The van der Waals surface area contributed by atoms with Crippen LogP contribution in [0.15, 0.2) is 24.3 Å². The van der Waals surface area contributed by atoms with Crippen LogP contribution < -0.4 is 5.32 Å². The monoisotopic (exact) mass is 301 g/mol. The Morgan fingerprint density at radius 2 is 1.77 bits per heavy atom.